The fourth-order valence-corrected chi connectivity index (χ4v) is 2.24. The molecule has 0 heterocycles. The summed E-state index contributed by atoms with van der Waals surface area (Å²) in [5.41, 5.74) is 0.510. The second kappa shape index (κ2) is 6.51. The quantitative estimate of drug-likeness (QED) is 0.645. The highest BCUT2D eigenvalue weighted by molar-refractivity contribution is 7.98. The third kappa shape index (κ3) is 3.14. The van der Waals surface area contributed by atoms with E-state index in [1.54, 1.807) is 32.2 Å². The van der Waals surface area contributed by atoms with Crippen molar-refractivity contribution in [2.75, 3.05) is 20.0 Å². The zero-order valence-electron chi connectivity index (χ0n) is 10.1. The number of aliphatic hydroxyl groups is 1. The van der Waals surface area contributed by atoms with E-state index < -0.39 is 12.1 Å². The number of esters is 1. The minimum atomic E-state index is -1.27. The van der Waals surface area contributed by atoms with Gasteiger partial charge in [0, 0.05) is 5.56 Å². The van der Waals surface area contributed by atoms with Gasteiger partial charge in [-0.3, -0.25) is 0 Å². The second-order valence-corrected chi connectivity index (χ2v) is 4.05. The number of ether oxygens (including phenoxy) is 2. The number of hydrogen-bond acceptors (Lipinski definition) is 5. The Balaban J connectivity index is 3.08. The maximum Gasteiger partial charge on any atom is 0.339 e. The van der Waals surface area contributed by atoms with E-state index in [4.69, 9.17) is 9.47 Å². The van der Waals surface area contributed by atoms with Gasteiger partial charge < -0.3 is 14.6 Å². The Hall–Kier alpha value is -1.20. The Morgan fingerprint density at radius 2 is 2.24 bits per heavy atom. The summed E-state index contributed by atoms with van der Waals surface area (Å²) in [6.45, 7) is 1.94. The van der Waals surface area contributed by atoms with Gasteiger partial charge in [-0.1, -0.05) is 12.1 Å². The van der Waals surface area contributed by atoms with Crippen LogP contribution in [0.3, 0.4) is 0 Å². The van der Waals surface area contributed by atoms with Crippen LogP contribution in [0, 0.1) is 0 Å². The van der Waals surface area contributed by atoms with Gasteiger partial charge in [0.25, 0.3) is 0 Å². The molecule has 1 atom stereocenters. The van der Waals surface area contributed by atoms with Crippen molar-refractivity contribution in [3.63, 3.8) is 0 Å². The molecule has 1 aromatic rings. The van der Waals surface area contributed by atoms with E-state index in [9.17, 15) is 9.90 Å². The molecular formula is C12H16O4S. The minimum Gasteiger partial charge on any atom is -0.496 e. The average molecular weight is 256 g/mol. The average Bonchev–Trinajstić information content (AvgIpc) is 2.36. The number of aliphatic hydroxyl groups excluding tert-OH is 1. The predicted molar refractivity (Wildman–Crippen MR) is 66.4 cm³/mol. The van der Waals surface area contributed by atoms with Gasteiger partial charge in [0.05, 0.1) is 18.6 Å². The first-order chi connectivity index (χ1) is 8.15. The molecule has 0 amide bonds. The Morgan fingerprint density at radius 1 is 1.53 bits per heavy atom. The highest BCUT2D eigenvalue weighted by atomic mass is 32.2. The maximum atomic E-state index is 11.5. The topological polar surface area (TPSA) is 55.8 Å². The van der Waals surface area contributed by atoms with Crippen LogP contribution in [0.25, 0.3) is 0 Å². The maximum absolute atomic E-state index is 11.5. The Kier molecular flexibility index (Phi) is 5.31. The molecule has 0 radical (unpaired) electrons. The van der Waals surface area contributed by atoms with Crippen LogP contribution < -0.4 is 4.74 Å². The first kappa shape index (κ1) is 13.9. The van der Waals surface area contributed by atoms with Gasteiger partial charge in [0.1, 0.15) is 5.75 Å². The summed E-state index contributed by atoms with van der Waals surface area (Å²) in [6, 6.07) is 5.21. The molecule has 5 heteroatoms. The van der Waals surface area contributed by atoms with Crippen molar-refractivity contribution in [3.8, 4) is 5.75 Å². The zero-order valence-corrected chi connectivity index (χ0v) is 10.9. The Morgan fingerprint density at radius 3 is 2.76 bits per heavy atom. The third-order valence-electron chi connectivity index (χ3n) is 2.24. The summed E-state index contributed by atoms with van der Waals surface area (Å²) in [7, 11) is 1.55. The van der Waals surface area contributed by atoms with Crippen molar-refractivity contribution in [1.82, 2.24) is 0 Å². The van der Waals surface area contributed by atoms with Crippen LogP contribution in [0.1, 0.15) is 18.6 Å². The highest BCUT2D eigenvalue weighted by Crippen LogP contribution is 2.34. The number of carbonyl (C=O) groups is 1. The first-order valence-corrected chi connectivity index (χ1v) is 6.43. The number of rotatable bonds is 5. The van der Waals surface area contributed by atoms with Crippen molar-refractivity contribution in [2.45, 2.75) is 17.9 Å². The summed E-state index contributed by atoms with van der Waals surface area (Å²) >= 11 is 1.42. The van der Waals surface area contributed by atoms with Gasteiger partial charge in [-0.25, -0.2) is 4.79 Å². The van der Waals surface area contributed by atoms with Crippen LogP contribution in [-0.2, 0) is 9.53 Å². The zero-order chi connectivity index (χ0) is 12.8. The summed E-state index contributed by atoms with van der Waals surface area (Å²) in [5.74, 6) is -0.00518. The molecule has 0 spiro atoms. The Bertz CT molecular complexity index is 392. The monoisotopic (exact) mass is 256 g/mol. The minimum absolute atomic E-state index is 0.245. The number of thioether (sulfide) groups is 1. The van der Waals surface area contributed by atoms with E-state index in [1.807, 2.05) is 6.26 Å². The van der Waals surface area contributed by atoms with Crippen LogP contribution in [0.2, 0.25) is 0 Å². The lowest BCUT2D eigenvalue weighted by Gasteiger charge is -2.15. The van der Waals surface area contributed by atoms with E-state index in [0.717, 1.165) is 4.90 Å². The van der Waals surface area contributed by atoms with Gasteiger partial charge in [0.15, 0.2) is 6.10 Å². The van der Waals surface area contributed by atoms with Crippen molar-refractivity contribution >= 4 is 17.7 Å². The molecule has 4 nitrogen and oxygen atoms in total. The van der Waals surface area contributed by atoms with Crippen LogP contribution in [0.4, 0.5) is 0 Å². The van der Waals surface area contributed by atoms with Gasteiger partial charge >= 0.3 is 5.97 Å². The lowest BCUT2D eigenvalue weighted by Crippen LogP contribution is -2.16. The van der Waals surface area contributed by atoms with Crippen LogP contribution in [0.5, 0.6) is 5.75 Å². The normalized spacial score (nSPS) is 12.0. The summed E-state index contributed by atoms with van der Waals surface area (Å²) < 4.78 is 9.97. The van der Waals surface area contributed by atoms with E-state index in [-0.39, 0.29) is 6.61 Å². The largest absolute Gasteiger partial charge is 0.496 e. The lowest BCUT2D eigenvalue weighted by atomic mass is 10.1. The highest BCUT2D eigenvalue weighted by Gasteiger charge is 2.23. The molecule has 0 aliphatic rings. The molecule has 1 aromatic carbocycles. The number of methoxy groups -OCH3 is 1. The SMILES string of the molecule is CCOC(=O)C(O)c1cccc(OC)c1SC. The summed E-state index contributed by atoms with van der Waals surface area (Å²) in [6.07, 6.45) is 0.590. The molecule has 1 rings (SSSR count). The van der Waals surface area contributed by atoms with Crippen LogP contribution >= 0.6 is 11.8 Å². The number of hydrogen-bond donors (Lipinski definition) is 1. The number of benzene rings is 1. The molecule has 1 unspecified atom stereocenters. The molecular weight excluding hydrogens is 240 g/mol. The fraction of sp³-hybridized carbons (Fsp3) is 0.417. The van der Waals surface area contributed by atoms with Gasteiger partial charge in [-0.2, -0.15) is 0 Å². The molecule has 0 bridgehead atoms. The molecule has 1 N–H and O–H groups in total. The predicted octanol–water partition coefficient (Wildman–Crippen LogP) is 2.01. The molecule has 0 aromatic heterocycles. The van der Waals surface area contributed by atoms with Crippen molar-refractivity contribution in [1.29, 1.82) is 0 Å². The second-order valence-electron chi connectivity index (χ2n) is 3.24. The van der Waals surface area contributed by atoms with E-state index in [2.05, 4.69) is 0 Å². The van der Waals surface area contributed by atoms with Gasteiger partial charge in [-0.15, -0.1) is 11.8 Å². The Labute approximate surface area is 105 Å². The van der Waals surface area contributed by atoms with Crippen molar-refractivity contribution in [2.24, 2.45) is 0 Å². The van der Waals surface area contributed by atoms with Gasteiger partial charge in [0.2, 0.25) is 0 Å². The van der Waals surface area contributed by atoms with Gasteiger partial charge in [-0.05, 0) is 19.2 Å². The molecule has 0 saturated carbocycles. The first-order valence-electron chi connectivity index (χ1n) is 5.21. The smallest absolute Gasteiger partial charge is 0.339 e. The van der Waals surface area contributed by atoms with E-state index >= 15 is 0 Å². The van der Waals surface area contributed by atoms with Crippen molar-refractivity contribution in [3.05, 3.63) is 23.8 Å². The summed E-state index contributed by atoms with van der Waals surface area (Å²) in [4.78, 5) is 12.2. The third-order valence-corrected chi connectivity index (χ3v) is 3.08. The molecule has 0 saturated heterocycles. The number of carbonyl (C=O) groups excluding carboxylic acids is 1. The lowest BCUT2D eigenvalue weighted by molar-refractivity contribution is -0.153. The van der Waals surface area contributed by atoms with Crippen LogP contribution in [0.15, 0.2) is 23.1 Å². The fourth-order valence-electron chi connectivity index (χ4n) is 1.48. The molecule has 0 aliphatic heterocycles. The van der Waals surface area contributed by atoms with E-state index in [0.29, 0.717) is 11.3 Å². The van der Waals surface area contributed by atoms with E-state index in [1.165, 1.54) is 11.8 Å². The summed E-state index contributed by atoms with van der Waals surface area (Å²) in [5, 5.41) is 9.91. The molecule has 0 fully saturated rings. The standard InChI is InChI=1S/C12H16O4S/c1-4-16-12(14)10(13)8-6-5-7-9(15-2)11(8)17-3/h5-7,10,13H,4H2,1-3H3. The molecule has 94 valence electrons. The van der Waals surface area contributed by atoms with Crippen LogP contribution in [-0.4, -0.2) is 31.0 Å². The molecule has 0 aliphatic carbocycles. The van der Waals surface area contributed by atoms with Crippen molar-refractivity contribution < 1.29 is 19.4 Å². The molecule has 17 heavy (non-hydrogen) atoms.